The first-order valence-corrected chi connectivity index (χ1v) is 8.26. The van der Waals surface area contributed by atoms with Gasteiger partial charge in [-0.3, -0.25) is 0 Å². The molecule has 19 heavy (non-hydrogen) atoms. The smallest absolute Gasteiger partial charge is 0.0646 e. The van der Waals surface area contributed by atoms with Crippen molar-refractivity contribution < 1.29 is 0 Å². The molecule has 1 aromatic heterocycles. The summed E-state index contributed by atoms with van der Waals surface area (Å²) in [6.45, 7) is 7.26. The summed E-state index contributed by atoms with van der Waals surface area (Å²) < 4.78 is 1.29. The summed E-state index contributed by atoms with van der Waals surface area (Å²) in [6.07, 6.45) is 0. The zero-order valence-corrected chi connectivity index (χ0v) is 13.8. The van der Waals surface area contributed by atoms with E-state index >= 15 is 0 Å². The maximum atomic E-state index is 6.35. The van der Waals surface area contributed by atoms with Gasteiger partial charge in [-0.1, -0.05) is 35.5 Å². The molecule has 0 atom stereocenters. The predicted molar refractivity (Wildman–Crippen MR) is 86.5 cm³/mol. The van der Waals surface area contributed by atoms with Crippen LogP contribution in [0.4, 0.5) is 0 Å². The maximum Gasteiger partial charge on any atom is 0.0646 e. The summed E-state index contributed by atoms with van der Waals surface area (Å²) in [6, 6.07) is 10.5. The molecule has 1 aromatic carbocycles. The molecular weight excluding hydrogens is 294 g/mol. The van der Waals surface area contributed by atoms with Gasteiger partial charge in [0.2, 0.25) is 0 Å². The van der Waals surface area contributed by atoms with Crippen LogP contribution in [0.5, 0.6) is 0 Å². The van der Waals surface area contributed by atoms with Crippen LogP contribution in [0, 0.1) is 0 Å². The summed E-state index contributed by atoms with van der Waals surface area (Å²) >= 11 is 9.85. The molecule has 0 radical (unpaired) electrons. The van der Waals surface area contributed by atoms with Crippen molar-refractivity contribution in [1.29, 1.82) is 0 Å². The van der Waals surface area contributed by atoms with Gasteiger partial charge in [-0.15, -0.1) is 11.3 Å². The van der Waals surface area contributed by atoms with Crippen molar-refractivity contribution >= 4 is 34.7 Å². The van der Waals surface area contributed by atoms with Crippen molar-refractivity contribution in [3.8, 4) is 0 Å². The average molecular weight is 312 g/mol. The third kappa shape index (κ3) is 4.84. The lowest BCUT2D eigenvalue weighted by atomic mass is 10.1. The quantitative estimate of drug-likeness (QED) is 0.806. The van der Waals surface area contributed by atoms with Crippen LogP contribution >= 0.6 is 34.7 Å². The molecule has 1 heterocycles. The molecule has 0 aliphatic rings. The third-order valence-electron chi connectivity index (χ3n) is 2.55. The standard InChI is InChI=1S/C15H18ClNS2/c1-15(2,3)17-10-11-6-7-12(9-13(11)16)19-14-5-4-8-18-14/h4-9,17H,10H2,1-3H3. The van der Waals surface area contributed by atoms with Crippen LogP contribution in [0.1, 0.15) is 26.3 Å². The number of halogens is 1. The minimum absolute atomic E-state index is 0.105. The summed E-state index contributed by atoms with van der Waals surface area (Å²) in [5.41, 5.74) is 1.25. The maximum absolute atomic E-state index is 6.35. The lowest BCUT2D eigenvalue weighted by Crippen LogP contribution is -2.35. The van der Waals surface area contributed by atoms with Crippen LogP contribution in [0.25, 0.3) is 0 Å². The van der Waals surface area contributed by atoms with Gasteiger partial charge < -0.3 is 5.32 Å². The van der Waals surface area contributed by atoms with Gasteiger partial charge in [-0.2, -0.15) is 0 Å². The zero-order chi connectivity index (χ0) is 13.9. The van der Waals surface area contributed by atoms with Crippen LogP contribution in [0.3, 0.4) is 0 Å². The van der Waals surface area contributed by atoms with E-state index < -0.39 is 0 Å². The Kier molecular flexibility index (Phi) is 4.96. The fraction of sp³-hybridized carbons (Fsp3) is 0.333. The number of rotatable bonds is 4. The van der Waals surface area contributed by atoms with Gasteiger partial charge in [-0.25, -0.2) is 0 Å². The van der Waals surface area contributed by atoms with E-state index in [2.05, 4.69) is 55.7 Å². The highest BCUT2D eigenvalue weighted by Gasteiger charge is 2.10. The highest BCUT2D eigenvalue weighted by Crippen LogP contribution is 2.33. The lowest BCUT2D eigenvalue weighted by molar-refractivity contribution is 0.424. The molecule has 0 fully saturated rings. The van der Waals surface area contributed by atoms with Crippen LogP contribution in [-0.2, 0) is 6.54 Å². The number of nitrogens with one attached hydrogen (secondary N) is 1. The molecule has 0 amide bonds. The Hall–Kier alpha value is -0.480. The molecule has 0 unspecified atom stereocenters. The summed E-state index contributed by atoms with van der Waals surface area (Å²) in [5.74, 6) is 0. The van der Waals surface area contributed by atoms with E-state index in [9.17, 15) is 0 Å². The predicted octanol–water partition coefficient (Wildman–Crippen LogP) is 5.44. The van der Waals surface area contributed by atoms with E-state index in [1.54, 1.807) is 23.1 Å². The Balaban J connectivity index is 2.04. The molecule has 1 nitrogen and oxygen atoms in total. The second-order valence-corrected chi connectivity index (χ2v) is 8.12. The van der Waals surface area contributed by atoms with Gasteiger partial charge in [0, 0.05) is 22.0 Å². The Labute approximate surface area is 128 Å². The molecule has 0 spiro atoms. The molecule has 0 saturated heterocycles. The van der Waals surface area contributed by atoms with Crippen molar-refractivity contribution in [3.05, 3.63) is 46.3 Å². The fourth-order valence-corrected chi connectivity index (χ4v) is 3.63. The van der Waals surface area contributed by atoms with Crippen LogP contribution in [0.15, 0.2) is 44.8 Å². The van der Waals surface area contributed by atoms with Gasteiger partial charge in [0.05, 0.1) is 4.21 Å². The largest absolute Gasteiger partial charge is 0.308 e. The number of hydrogen-bond donors (Lipinski definition) is 1. The second-order valence-electron chi connectivity index (χ2n) is 5.39. The van der Waals surface area contributed by atoms with Gasteiger partial charge in [-0.05, 0) is 49.9 Å². The number of thiophene rings is 1. The van der Waals surface area contributed by atoms with Gasteiger partial charge in [0.1, 0.15) is 0 Å². The molecule has 0 aliphatic heterocycles. The molecule has 0 saturated carbocycles. The highest BCUT2D eigenvalue weighted by atomic mass is 35.5. The molecule has 0 bridgehead atoms. The normalized spacial score (nSPS) is 11.8. The van der Waals surface area contributed by atoms with Gasteiger partial charge in [0.25, 0.3) is 0 Å². The number of hydrogen-bond acceptors (Lipinski definition) is 3. The van der Waals surface area contributed by atoms with E-state index in [0.29, 0.717) is 0 Å². The third-order valence-corrected chi connectivity index (χ3v) is 4.93. The zero-order valence-electron chi connectivity index (χ0n) is 11.4. The first-order chi connectivity index (χ1) is 8.94. The van der Waals surface area contributed by atoms with E-state index in [1.807, 2.05) is 6.07 Å². The van der Waals surface area contributed by atoms with E-state index in [1.165, 1.54) is 9.10 Å². The molecule has 1 N–H and O–H groups in total. The van der Waals surface area contributed by atoms with E-state index in [4.69, 9.17) is 11.6 Å². The molecule has 4 heteroatoms. The number of benzene rings is 1. The van der Waals surface area contributed by atoms with Gasteiger partial charge >= 0.3 is 0 Å². The van der Waals surface area contributed by atoms with Crippen molar-refractivity contribution in [2.75, 3.05) is 0 Å². The summed E-state index contributed by atoms with van der Waals surface area (Å²) in [7, 11) is 0. The van der Waals surface area contributed by atoms with Gasteiger partial charge in [0.15, 0.2) is 0 Å². The summed E-state index contributed by atoms with van der Waals surface area (Å²) in [4.78, 5) is 1.19. The minimum atomic E-state index is 0.105. The van der Waals surface area contributed by atoms with Crippen LogP contribution < -0.4 is 5.32 Å². The molecule has 0 aliphatic carbocycles. The monoisotopic (exact) mass is 311 g/mol. The van der Waals surface area contributed by atoms with Crippen LogP contribution in [-0.4, -0.2) is 5.54 Å². The average Bonchev–Trinajstić information content (AvgIpc) is 2.79. The van der Waals surface area contributed by atoms with Crippen molar-refractivity contribution in [2.24, 2.45) is 0 Å². The molecular formula is C15H18ClNS2. The van der Waals surface area contributed by atoms with Crippen molar-refractivity contribution in [2.45, 2.75) is 42.0 Å². The Morgan fingerprint density at radius 1 is 1.26 bits per heavy atom. The minimum Gasteiger partial charge on any atom is -0.308 e. The lowest BCUT2D eigenvalue weighted by Gasteiger charge is -2.21. The first-order valence-electron chi connectivity index (χ1n) is 6.19. The Morgan fingerprint density at radius 2 is 2.05 bits per heavy atom. The summed E-state index contributed by atoms with van der Waals surface area (Å²) in [5, 5.41) is 6.38. The highest BCUT2D eigenvalue weighted by molar-refractivity contribution is 8.01. The molecule has 2 aromatic rings. The molecule has 2 rings (SSSR count). The van der Waals surface area contributed by atoms with Crippen molar-refractivity contribution in [1.82, 2.24) is 5.32 Å². The second kappa shape index (κ2) is 6.31. The van der Waals surface area contributed by atoms with E-state index in [-0.39, 0.29) is 5.54 Å². The van der Waals surface area contributed by atoms with Crippen LogP contribution in [0.2, 0.25) is 5.02 Å². The topological polar surface area (TPSA) is 12.0 Å². The molecule has 102 valence electrons. The first kappa shape index (κ1) is 14.9. The van der Waals surface area contributed by atoms with Crippen molar-refractivity contribution in [3.63, 3.8) is 0 Å². The van der Waals surface area contributed by atoms with E-state index in [0.717, 1.165) is 17.1 Å². The Morgan fingerprint density at radius 3 is 2.63 bits per heavy atom. The Bertz CT molecular complexity index is 530. The SMILES string of the molecule is CC(C)(C)NCc1ccc(Sc2cccs2)cc1Cl. The fourth-order valence-electron chi connectivity index (χ4n) is 1.53.